The van der Waals surface area contributed by atoms with Crippen LogP contribution < -0.4 is 4.90 Å². The standard InChI is InChI=1S/C19H21N5O5/c1-23(18(27)11-6-4-3-5-7-11)16-13-17(21-9-20-16)24(10-22-13)19-15(28-2)14(26)12(8-25)29-19/h3-7,9-10,12,14-15,19,25-26H,8H2,1-2H3/t12-,14?,15+,19-/m1/s1. The Kier molecular flexibility index (Phi) is 5.24. The molecule has 1 aliphatic heterocycles. The van der Waals surface area contributed by atoms with Crippen molar-refractivity contribution in [3.63, 3.8) is 0 Å². The fraction of sp³-hybridized carbons (Fsp3) is 0.368. The van der Waals surface area contributed by atoms with E-state index in [0.717, 1.165) is 0 Å². The highest BCUT2D eigenvalue weighted by molar-refractivity contribution is 6.08. The van der Waals surface area contributed by atoms with Gasteiger partial charge in [0.15, 0.2) is 23.2 Å². The molecule has 10 nitrogen and oxygen atoms in total. The monoisotopic (exact) mass is 399 g/mol. The van der Waals surface area contributed by atoms with Crippen molar-refractivity contribution in [2.24, 2.45) is 0 Å². The molecule has 4 atom stereocenters. The van der Waals surface area contributed by atoms with E-state index in [0.29, 0.717) is 22.5 Å². The second-order valence-corrected chi connectivity index (χ2v) is 6.69. The molecule has 4 rings (SSSR count). The van der Waals surface area contributed by atoms with E-state index in [1.165, 1.54) is 24.7 Å². The van der Waals surface area contributed by atoms with Crippen molar-refractivity contribution in [1.29, 1.82) is 0 Å². The summed E-state index contributed by atoms with van der Waals surface area (Å²) in [7, 11) is 3.07. The predicted molar refractivity (Wildman–Crippen MR) is 102 cm³/mol. The van der Waals surface area contributed by atoms with Crippen LogP contribution in [0.4, 0.5) is 5.82 Å². The third-order valence-corrected chi connectivity index (χ3v) is 5.02. The fourth-order valence-corrected chi connectivity index (χ4v) is 3.49. The molecule has 2 N–H and O–H groups in total. The van der Waals surface area contributed by atoms with Crippen molar-refractivity contribution in [2.75, 3.05) is 25.7 Å². The first kappa shape index (κ1) is 19.4. The average molecular weight is 399 g/mol. The van der Waals surface area contributed by atoms with Crippen LogP contribution >= 0.6 is 0 Å². The molecule has 0 saturated carbocycles. The van der Waals surface area contributed by atoms with Crippen molar-refractivity contribution in [3.8, 4) is 0 Å². The van der Waals surface area contributed by atoms with E-state index in [1.54, 1.807) is 35.9 Å². The Bertz CT molecular complexity index is 1010. The molecule has 1 amide bonds. The van der Waals surface area contributed by atoms with Gasteiger partial charge in [-0.1, -0.05) is 18.2 Å². The van der Waals surface area contributed by atoms with Crippen molar-refractivity contribution < 1.29 is 24.5 Å². The number of ether oxygens (including phenoxy) is 2. The van der Waals surface area contributed by atoms with Crippen molar-refractivity contribution in [3.05, 3.63) is 48.5 Å². The number of anilines is 1. The van der Waals surface area contributed by atoms with E-state index >= 15 is 0 Å². The molecule has 0 aliphatic carbocycles. The van der Waals surface area contributed by atoms with Crippen LogP contribution in [0.25, 0.3) is 11.2 Å². The molecule has 1 unspecified atom stereocenters. The van der Waals surface area contributed by atoms with Gasteiger partial charge in [-0.3, -0.25) is 14.3 Å². The van der Waals surface area contributed by atoms with Crippen molar-refractivity contribution in [2.45, 2.75) is 24.5 Å². The van der Waals surface area contributed by atoms with Crippen LogP contribution in [-0.2, 0) is 9.47 Å². The third-order valence-electron chi connectivity index (χ3n) is 5.02. The summed E-state index contributed by atoms with van der Waals surface area (Å²) in [6.45, 7) is -0.349. The van der Waals surface area contributed by atoms with Gasteiger partial charge in [0.2, 0.25) is 0 Å². The van der Waals surface area contributed by atoms with Gasteiger partial charge < -0.3 is 19.7 Å². The van der Waals surface area contributed by atoms with Crippen molar-refractivity contribution >= 4 is 22.9 Å². The Hall–Kier alpha value is -2.92. The van der Waals surface area contributed by atoms with Gasteiger partial charge in [-0.15, -0.1) is 0 Å². The summed E-state index contributed by atoms with van der Waals surface area (Å²) >= 11 is 0. The van der Waals surface area contributed by atoms with Gasteiger partial charge >= 0.3 is 0 Å². The lowest BCUT2D eigenvalue weighted by molar-refractivity contribution is -0.0583. The van der Waals surface area contributed by atoms with Gasteiger partial charge in [0.25, 0.3) is 5.91 Å². The summed E-state index contributed by atoms with van der Waals surface area (Å²) in [4.78, 5) is 27.1. The zero-order chi connectivity index (χ0) is 20.5. The maximum absolute atomic E-state index is 12.8. The predicted octanol–water partition coefficient (Wildman–Crippen LogP) is 0.368. The first-order chi connectivity index (χ1) is 14.1. The number of aliphatic hydroxyl groups excluding tert-OH is 2. The van der Waals surface area contributed by atoms with E-state index in [4.69, 9.17) is 9.47 Å². The number of imidazole rings is 1. The van der Waals surface area contributed by atoms with E-state index in [2.05, 4.69) is 15.0 Å². The van der Waals surface area contributed by atoms with E-state index in [1.807, 2.05) is 6.07 Å². The number of hydrogen-bond acceptors (Lipinski definition) is 8. The van der Waals surface area contributed by atoms with Gasteiger partial charge in [-0.2, -0.15) is 0 Å². The van der Waals surface area contributed by atoms with Crippen LogP contribution in [0.1, 0.15) is 16.6 Å². The second kappa shape index (κ2) is 7.84. The Balaban J connectivity index is 1.71. The average Bonchev–Trinajstić information content (AvgIpc) is 3.33. The minimum absolute atomic E-state index is 0.234. The SMILES string of the molecule is CO[C@H]1C(O)[C@@H](CO)O[C@H]1n1cnc2c(N(C)C(=O)c3ccccc3)ncnc21. The molecule has 0 radical (unpaired) electrons. The highest BCUT2D eigenvalue weighted by atomic mass is 16.6. The van der Waals surface area contributed by atoms with E-state index in [-0.39, 0.29) is 12.5 Å². The molecule has 2 aromatic heterocycles. The number of rotatable bonds is 5. The number of aromatic nitrogens is 4. The Morgan fingerprint density at radius 2 is 2.03 bits per heavy atom. The van der Waals surface area contributed by atoms with Crippen LogP contribution in [-0.4, -0.2) is 74.7 Å². The largest absolute Gasteiger partial charge is 0.394 e. The Labute approximate surface area is 166 Å². The van der Waals surface area contributed by atoms with Crippen LogP contribution in [0.5, 0.6) is 0 Å². The maximum atomic E-state index is 12.8. The quantitative estimate of drug-likeness (QED) is 0.631. The zero-order valence-electron chi connectivity index (χ0n) is 15.9. The Morgan fingerprint density at radius 3 is 2.72 bits per heavy atom. The smallest absolute Gasteiger partial charge is 0.259 e. The number of fused-ring (bicyclic) bond motifs is 1. The van der Waals surface area contributed by atoms with Gasteiger partial charge in [0.1, 0.15) is 24.6 Å². The minimum atomic E-state index is -1.00. The second-order valence-electron chi connectivity index (χ2n) is 6.69. The number of amides is 1. The van der Waals surface area contributed by atoms with Gasteiger partial charge in [0, 0.05) is 19.7 Å². The number of carbonyl (C=O) groups excluding carboxylic acids is 1. The number of benzene rings is 1. The van der Waals surface area contributed by atoms with E-state index < -0.39 is 24.5 Å². The molecular formula is C19H21N5O5. The summed E-state index contributed by atoms with van der Waals surface area (Å²) in [5.41, 5.74) is 1.34. The number of methoxy groups -OCH3 is 1. The number of aliphatic hydroxyl groups is 2. The third kappa shape index (κ3) is 3.25. The van der Waals surface area contributed by atoms with Crippen molar-refractivity contribution in [1.82, 2.24) is 19.5 Å². The lowest BCUT2D eigenvalue weighted by Crippen LogP contribution is -2.34. The summed E-state index contributed by atoms with van der Waals surface area (Å²) in [6, 6.07) is 8.86. The minimum Gasteiger partial charge on any atom is -0.394 e. The normalized spacial score (nSPS) is 24.1. The Morgan fingerprint density at radius 1 is 1.28 bits per heavy atom. The highest BCUT2D eigenvalue weighted by Crippen LogP contribution is 2.34. The van der Waals surface area contributed by atoms with Gasteiger partial charge in [-0.05, 0) is 12.1 Å². The zero-order valence-corrected chi connectivity index (χ0v) is 15.9. The molecule has 10 heteroatoms. The van der Waals surface area contributed by atoms with Crippen LogP contribution in [0, 0.1) is 0 Å². The van der Waals surface area contributed by atoms with Crippen LogP contribution in [0.3, 0.4) is 0 Å². The summed E-state index contributed by atoms with van der Waals surface area (Å²) in [5, 5.41) is 19.7. The topological polar surface area (TPSA) is 123 Å². The molecule has 3 aromatic rings. The summed E-state index contributed by atoms with van der Waals surface area (Å²) < 4.78 is 12.7. The first-order valence-corrected chi connectivity index (χ1v) is 9.04. The molecular weight excluding hydrogens is 378 g/mol. The van der Waals surface area contributed by atoms with Gasteiger partial charge in [-0.25, -0.2) is 15.0 Å². The first-order valence-electron chi connectivity index (χ1n) is 9.04. The molecule has 3 heterocycles. The molecule has 29 heavy (non-hydrogen) atoms. The molecule has 1 fully saturated rings. The maximum Gasteiger partial charge on any atom is 0.259 e. The summed E-state index contributed by atoms with van der Waals surface area (Å²) in [5.74, 6) is 0.108. The summed E-state index contributed by atoms with van der Waals surface area (Å²) in [6.07, 6.45) is -0.419. The fourth-order valence-electron chi connectivity index (χ4n) is 3.49. The van der Waals surface area contributed by atoms with Crippen LogP contribution in [0.2, 0.25) is 0 Å². The molecule has 0 bridgehead atoms. The lowest BCUT2D eigenvalue weighted by Gasteiger charge is -2.20. The van der Waals surface area contributed by atoms with E-state index in [9.17, 15) is 15.0 Å². The number of nitrogens with zero attached hydrogens (tertiary/aromatic N) is 5. The highest BCUT2D eigenvalue weighted by Gasteiger charge is 2.45. The molecule has 1 aliphatic rings. The molecule has 152 valence electrons. The number of hydrogen-bond donors (Lipinski definition) is 2. The molecule has 0 spiro atoms. The molecule has 1 aromatic carbocycles. The van der Waals surface area contributed by atoms with Gasteiger partial charge in [0.05, 0.1) is 12.9 Å². The number of carbonyl (C=O) groups is 1. The molecule has 1 saturated heterocycles. The van der Waals surface area contributed by atoms with Crippen LogP contribution in [0.15, 0.2) is 43.0 Å². The lowest BCUT2D eigenvalue weighted by atomic mass is 10.1.